The smallest absolute Gasteiger partial charge is 0.328 e. The van der Waals surface area contributed by atoms with Gasteiger partial charge in [-0.3, -0.25) is 10.1 Å². The molecule has 0 bridgehead atoms. The molecule has 0 saturated carbocycles. The molecule has 0 aromatic heterocycles. The first-order valence-corrected chi connectivity index (χ1v) is 5.49. The van der Waals surface area contributed by atoms with Crippen molar-refractivity contribution >= 4 is 17.9 Å². The molecular formula is C11H16N2O5. The molecule has 1 aliphatic rings. The largest absolute Gasteiger partial charge is 0.478 e. The van der Waals surface area contributed by atoms with E-state index in [1.54, 1.807) is 0 Å². The quantitative estimate of drug-likeness (QED) is 0.617. The molecule has 2 unspecified atom stereocenters. The number of amides is 3. The molecule has 1 saturated heterocycles. The van der Waals surface area contributed by atoms with Gasteiger partial charge in [0, 0.05) is 18.8 Å². The van der Waals surface area contributed by atoms with Crippen LogP contribution in [0.5, 0.6) is 0 Å². The van der Waals surface area contributed by atoms with Crippen molar-refractivity contribution in [2.75, 3.05) is 6.61 Å². The average Bonchev–Trinajstić information content (AvgIpc) is 2.55. The number of carboxylic acids is 1. The zero-order valence-electron chi connectivity index (χ0n) is 10.2. The molecule has 2 atom stereocenters. The monoisotopic (exact) mass is 256 g/mol. The van der Waals surface area contributed by atoms with E-state index in [0.29, 0.717) is 19.1 Å². The van der Waals surface area contributed by atoms with Crippen LogP contribution in [-0.2, 0) is 14.3 Å². The molecule has 1 rings (SSSR count). The van der Waals surface area contributed by atoms with E-state index in [-0.39, 0.29) is 6.10 Å². The summed E-state index contributed by atoms with van der Waals surface area (Å²) in [4.78, 5) is 32.9. The zero-order valence-corrected chi connectivity index (χ0v) is 10.2. The Hall–Kier alpha value is -1.89. The summed E-state index contributed by atoms with van der Waals surface area (Å²) in [6.07, 6.45) is 1.94. The van der Waals surface area contributed by atoms with Gasteiger partial charge in [-0.1, -0.05) is 0 Å². The summed E-state index contributed by atoms with van der Waals surface area (Å²) in [6.45, 7) is 4.20. The van der Waals surface area contributed by atoms with Gasteiger partial charge >= 0.3 is 12.0 Å². The molecule has 1 heterocycles. The van der Waals surface area contributed by atoms with Gasteiger partial charge in [-0.25, -0.2) is 9.59 Å². The maximum Gasteiger partial charge on any atom is 0.328 e. The van der Waals surface area contributed by atoms with Crippen LogP contribution in [0.4, 0.5) is 4.79 Å². The Morgan fingerprint density at radius 1 is 1.39 bits per heavy atom. The van der Waals surface area contributed by atoms with E-state index in [2.05, 4.69) is 5.32 Å². The second-order valence-electron chi connectivity index (χ2n) is 4.30. The van der Waals surface area contributed by atoms with Crippen LogP contribution in [0.25, 0.3) is 0 Å². The predicted octanol–water partition coefficient (Wildman–Crippen LogP) is 0.0205. The maximum absolute atomic E-state index is 11.5. The van der Waals surface area contributed by atoms with Gasteiger partial charge in [0.05, 0.1) is 11.6 Å². The first kappa shape index (κ1) is 14.2. The van der Waals surface area contributed by atoms with Crippen LogP contribution in [0.15, 0.2) is 12.2 Å². The standard InChI is InChI=1S/C11H16N2O5/c1-7-11(2,5-6-18-7)13-10(17)12-8(14)3-4-9(15)16/h3-4,7H,5-6H2,1-2H3,(H,15,16)(H2,12,13,14,17)/b4-3+. The van der Waals surface area contributed by atoms with Crippen LogP contribution in [0.3, 0.4) is 0 Å². The van der Waals surface area contributed by atoms with Crippen molar-refractivity contribution in [3.63, 3.8) is 0 Å². The predicted molar refractivity (Wildman–Crippen MR) is 61.9 cm³/mol. The summed E-state index contributed by atoms with van der Waals surface area (Å²) in [5.41, 5.74) is -0.527. The normalized spacial score (nSPS) is 27.1. The topological polar surface area (TPSA) is 105 Å². The minimum absolute atomic E-state index is 0.145. The molecule has 18 heavy (non-hydrogen) atoms. The molecule has 0 aromatic carbocycles. The molecular weight excluding hydrogens is 240 g/mol. The highest BCUT2D eigenvalue weighted by Crippen LogP contribution is 2.24. The number of nitrogens with one attached hydrogen (secondary N) is 2. The Morgan fingerprint density at radius 3 is 2.56 bits per heavy atom. The third-order valence-electron chi connectivity index (χ3n) is 2.90. The Balaban J connectivity index is 2.47. The lowest BCUT2D eigenvalue weighted by Gasteiger charge is -2.28. The fourth-order valence-corrected chi connectivity index (χ4v) is 1.59. The number of urea groups is 1. The lowest BCUT2D eigenvalue weighted by Crippen LogP contribution is -2.54. The van der Waals surface area contributed by atoms with E-state index < -0.39 is 23.4 Å². The van der Waals surface area contributed by atoms with Crippen LogP contribution in [0.1, 0.15) is 20.3 Å². The first-order chi connectivity index (χ1) is 8.33. The van der Waals surface area contributed by atoms with E-state index in [4.69, 9.17) is 9.84 Å². The van der Waals surface area contributed by atoms with Crippen LogP contribution < -0.4 is 10.6 Å². The minimum atomic E-state index is -1.25. The highest BCUT2D eigenvalue weighted by molar-refractivity contribution is 6.02. The summed E-state index contributed by atoms with van der Waals surface area (Å²) in [5, 5.41) is 13.0. The summed E-state index contributed by atoms with van der Waals surface area (Å²) >= 11 is 0. The maximum atomic E-state index is 11.5. The molecule has 1 aliphatic heterocycles. The van der Waals surface area contributed by atoms with Gasteiger partial charge in [-0.15, -0.1) is 0 Å². The second kappa shape index (κ2) is 5.63. The number of carbonyl (C=O) groups is 3. The Labute approximate surface area is 104 Å². The molecule has 3 amide bonds. The van der Waals surface area contributed by atoms with Crippen LogP contribution in [0, 0.1) is 0 Å². The first-order valence-electron chi connectivity index (χ1n) is 5.49. The van der Waals surface area contributed by atoms with E-state index in [0.717, 1.165) is 6.08 Å². The fraction of sp³-hybridized carbons (Fsp3) is 0.545. The molecule has 100 valence electrons. The van der Waals surface area contributed by atoms with Crippen molar-refractivity contribution in [1.29, 1.82) is 0 Å². The fourth-order valence-electron chi connectivity index (χ4n) is 1.59. The number of imide groups is 1. The van der Waals surface area contributed by atoms with Gasteiger partial charge in [0.25, 0.3) is 5.91 Å². The van der Waals surface area contributed by atoms with Crippen molar-refractivity contribution in [3.05, 3.63) is 12.2 Å². The number of ether oxygens (including phenoxy) is 1. The Bertz CT molecular complexity index is 393. The van der Waals surface area contributed by atoms with E-state index in [1.807, 2.05) is 19.2 Å². The van der Waals surface area contributed by atoms with Crippen LogP contribution in [-0.4, -0.2) is 41.3 Å². The van der Waals surface area contributed by atoms with Crippen molar-refractivity contribution in [2.45, 2.75) is 31.9 Å². The van der Waals surface area contributed by atoms with Crippen LogP contribution >= 0.6 is 0 Å². The van der Waals surface area contributed by atoms with Gasteiger partial charge in [0.15, 0.2) is 0 Å². The van der Waals surface area contributed by atoms with Crippen molar-refractivity contribution < 1.29 is 24.2 Å². The molecule has 7 heteroatoms. The summed E-state index contributed by atoms with van der Waals surface area (Å²) in [5.74, 6) is -2.04. The van der Waals surface area contributed by atoms with Crippen molar-refractivity contribution in [3.8, 4) is 0 Å². The lowest BCUT2D eigenvalue weighted by molar-refractivity contribution is -0.131. The van der Waals surface area contributed by atoms with Gasteiger partial charge in [-0.05, 0) is 20.3 Å². The van der Waals surface area contributed by atoms with Gasteiger partial charge in [-0.2, -0.15) is 0 Å². The highest BCUT2D eigenvalue weighted by atomic mass is 16.5. The minimum Gasteiger partial charge on any atom is -0.478 e. The van der Waals surface area contributed by atoms with Gasteiger partial charge in [0.2, 0.25) is 0 Å². The summed E-state index contributed by atoms with van der Waals surface area (Å²) < 4.78 is 5.33. The van der Waals surface area contributed by atoms with Gasteiger partial charge < -0.3 is 15.2 Å². The van der Waals surface area contributed by atoms with Crippen molar-refractivity contribution in [1.82, 2.24) is 10.6 Å². The molecule has 0 radical (unpaired) electrons. The van der Waals surface area contributed by atoms with E-state index in [9.17, 15) is 14.4 Å². The number of carboxylic acid groups (broad SMARTS) is 1. The molecule has 7 nitrogen and oxygen atoms in total. The average molecular weight is 256 g/mol. The van der Waals surface area contributed by atoms with Gasteiger partial charge in [0.1, 0.15) is 0 Å². The second-order valence-corrected chi connectivity index (χ2v) is 4.30. The lowest BCUT2D eigenvalue weighted by atomic mass is 9.95. The summed E-state index contributed by atoms with van der Waals surface area (Å²) in [7, 11) is 0. The highest BCUT2D eigenvalue weighted by Gasteiger charge is 2.38. The molecule has 0 aromatic rings. The number of aliphatic carboxylic acids is 1. The summed E-state index contributed by atoms with van der Waals surface area (Å²) in [6, 6.07) is -0.671. The number of hydrogen-bond acceptors (Lipinski definition) is 4. The third kappa shape index (κ3) is 3.85. The molecule has 1 fully saturated rings. The number of carbonyl (C=O) groups excluding carboxylic acids is 2. The zero-order chi connectivity index (χ0) is 13.8. The van der Waals surface area contributed by atoms with E-state index >= 15 is 0 Å². The number of hydrogen-bond donors (Lipinski definition) is 3. The molecule has 0 aliphatic carbocycles. The van der Waals surface area contributed by atoms with Crippen molar-refractivity contribution in [2.24, 2.45) is 0 Å². The van der Waals surface area contributed by atoms with E-state index in [1.165, 1.54) is 0 Å². The SMILES string of the molecule is CC1OCCC1(C)NC(=O)NC(=O)/C=C/C(=O)O. The molecule has 0 spiro atoms. The third-order valence-corrected chi connectivity index (χ3v) is 2.90. The Morgan fingerprint density at radius 2 is 2.06 bits per heavy atom. The Kier molecular flexibility index (Phi) is 4.43. The molecule has 3 N–H and O–H groups in total. The number of rotatable bonds is 3. The van der Waals surface area contributed by atoms with Crippen LogP contribution in [0.2, 0.25) is 0 Å².